The third-order valence-corrected chi connectivity index (χ3v) is 2.72. The number of hydrogen-bond acceptors (Lipinski definition) is 3. The van der Waals surface area contributed by atoms with Crippen molar-refractivity contribution in [1.29, 1.82) is 0 Å². The lowest BCUT2D eigenvalue weighted by Crippen LogP contribution is -2.16. The van der Waals surface area contributed by atoms with Crippen LogP contribution in [0.4, 0.5) is 0 Å². The van der Waals surface area contributed by atoms with Crippen LogP contribution in [0, 0.1) is 0 Å². The molecule has 1 aromatic heterocycles. The fourth-order valence-electron chi connectivity index (χ4n) is 1.42. The van der Waals surface area contributed by atoms with Crippen LogP contribution in [-0.4, -0.2) is 17.0 Å². The van der Waals surface area contributed by atoms with Crippen molar-refractivity contribution < 1.29 is 0 Å². The van der Waals surface area contributed by atoms with E-state index in [9.17, 15) is 4.79 Å². The van der Waals surface area contributed by atoms with Gasteiger partial charge in [0.25, 0.3) is 5.56 Å². The minimum atomic E-state index is -0.105. The molecule has 0 fully saturated rings. The third-order valence-electron chi connectivity index (χ3n) is 2.08. The predicted molar refractivity (Wildman–Crippen MR) is 62.8 cm³/mol. The van der Waals surface area contributed by atoms with Crippen molar-refractivity contribution in [2.24, 2.45) is 0 Å². The van der Waals surface area contributed by atoms with Gasteiger partial charge in [-0.2, -0.15) is 0 Å². The van der Waals surface area contributed by atoms with Gasteiger partial charge in [-0.15, -0.1) is 0 Å². The van der Waals surface area contributed by atoms with Crippen LogP contribution in [0.2, 0.25) is 0 Å². The number of nitrogens with zero attached hydrogens (tertiary/aromatic N) is 1. The summed E-state index contributed by atoms with van der Waals surface area (Å²) in [5.74, 6) is 0.641. The highest BCUT2D eigenvalue weighted by Gasteiger charge is 2.05. The second-order valence-corrected chi connectivity index (χ2v) is 4.03. The van der Waals surface area contributed by atoms with E-state index in [1.54, 1.807) is 6.07 Å². The Morgan fingerprint density at radius 3 is 3.07 bits per heavy atom. The van der Waals surface area contributed by atoms with E-state index >= 15 is 0 Å². The van der Waals surface area contributed by atoms with Gasteiger partial charge in [0.05, 0.1) is 17.4 Å². The Hall–Kier alpha value is -1.20. The van der Waals surface area contributed by atoms with Gasteiger partial charge in [0, 0.05) is 4.47 Å². The smallest absolute Gasteiger partial charge is 0.258 e. The quantitative estimate of drug-likeness (QED) is 0.865. The average molecular weight is 268 g/mol. The van der Waals surface area contributed by atoms with E-state index in [0.717, 1.165) is 4.47 Å². The first-order valence-electron chi connectivity index (χ1n) is 4.54. The first-order chi connectivity index (χ1) is 7.22. The fraction of sp³-hybridized carbons (Fsp3) is 0.200. The summed E-state index contributed by atoms with van der Waals surface area (Å²) < 4.78 is 0.837. The van der Waals surface area contributed by atoms with Gasteiger partial charge in [-0.05, 0) is 35.1 Å². The van der Waals surface area contributed by atoms with E-state index < -0.39 is 0 Å². The van der Waals surface area contributed by atoms with Crippen LogP contribution in [0.5, 0.6) is 0 Å². The Balaban J connectivity index is 2.74. The lowest BCUT2D eigenvalue weighted by atomic mass is 10.2. The lowest BCUT2D eigenvalue weighted by Gasteiger charge is -2.03. The summed E-state index contributed by atoms with van der Waals surface area (Å²) in [6, 6.07) is 5.45. The summed E-state index contributed by atoms with van der Waals surface area (Å²) >= 11 is 3.38. The number of aromatic amines is 1. The molecular formula is C10H10BrN3O. The highest BCUT2D eigenvalue weighted by Crippen LogP contribution is 2.18. The van der Waals surface area contributed by atoms with E-state index in [1.807, 2.05) is 19.2 Å². The van der Waals surface area contributed by atoms with Gasteiger partial charge in [-0.1, -0.05) is 6.07 Å². The van der Waals surface area contributed by atoms with Crippen LogP contribution >= 0.6 is 15.9 Å². The molecule has 1 heterocycles. The highest BCUT2D eigenvalue weighted by molar-refractivity contribution is 9.10. The molecule has 0 saturated carbocycles. The van der Waals surface area contributed by atoms with E-state index in [2.05, 4.69) is 31.2 Å². The molecule has 0 amide bonds. The Morgan fingerprint density at radius 1 is 1.53 bits per heavy atom. The van der Waals surface area contributed by atoms with E-state index in [1.165, 1.54) is 0 Å². The van der Waals surface area contributed by atoms with Gasteiger partial charge < -0.3 is 10.3 Å². The number of para-hydroxylation sites is 1. The third kappa shape index (κ3) is 1.93. The molecule has 0 aliphatic rings. The molecule has 0 aliphatic carbocycles. The molecule has 0 aliphatic heterocycles. The number of benzene rings is 1. The summed E-state index contributed by atoms with van der Waals surface area (Å²) in [5.41, 5.74) is 0.595. The maximum absolute atomic E-state index is 11.7. The molecule has 0 atom stereocenters. The molecule has 0 radical (unpaired) electrons. The molecule has 0 saturated heterocycles. The molecule has 0 bridgehead atoms. The molecule has 2 rings (SSSR count). The summed E-state index contributed by atoms with van der Waals surface area (Å²) in [7, 11) is 1.81. The van der Waals surface area contributed by atoms with Crippen LogP contribution in [0.1, 0.15) is 5.82 Å². The van der Waals surface area contributed by atoms with Crippen molar-refractivity contribution in [3.8, 4) is 0 Å². The number of rotatable bonds is 2. The minimum Gasteiger partial charge on any atom is -0.313 e. The van der Waals surface area contributed by atoms with Gasteiger partial charge in [-0.25, -0.2) is 4.98 Å². The maximum Gasteiger partial charge on any atom is 0.258 e. The second kappa shape index (κ2) is 4.12. The molecule has 2 N–H and O–H groups in total. The molecule has 78 valence electrons. The maximum atomic E-state index is 11.7. The van der Waals surface area contributed by atoms with Gasteiger partial charge in [0.15, 0.2) is 0 Å². The SMILES string of the molecule is CNCc1nc2c(Br)cccc2c(=O)[nH]1. The second-order valence-electron chi connectivity index (χ2n) is 3.18. The van der Waals surface area contributed by atoms with Crippen LogP contribution in [0.25, 0.3) is 10.9 Å². The summed E-state index contributed by atoms with van der Waals surface area (Å²) in [5, 5.41) is 3.55. The fourth-order valence-corrected chi connectivity index (χ4v) is 1.88. The number of nitrogens with one attached hydrogen (secondary N) is 2. The molecule has 4 nitrogen and oxygen atoms in total. The van der Waals surface area contributed by atoms with Crippen molar-refractivity contribution in [2.75, 3.05) is 7.05 Å². The van der Waals surface area contributed by atoms with Gasteiger partial charge in [0.1, 0.15) is 5.82 Å². The zero-order valence-electron chi connectivity index (χ0n) is 8.17. The molecule has 5 heteroatoms. The first kappa shape index (κ1) is 10.3. The van der Waals surface area contributed by atoms with Crippen LogP contribution in [-0.2, 0) is 6.54 Å². The van der Waals surface area contributed by atoms with Crippen LogP contribution in [0.3, 0.4) is 0 Å². The number of hydrogen-bond donors (Lipinski definition) is 2. The Labute approximate surface area is 94.9 Å². The van der Waals surface area contributed by atoms with Crippen molar-refractivity contribution in [3.63, 3.8) is 0 Å². The number of fused-ring (bicyclic) bond motifs is 1. The van der Waals surface area contributed by atoms with Crippen molar-refractivity contribution in [3.05, 3.63) is 38.9 Å². The normalized spacial score (nSPS) is 10.8. The summed E-state index contributed by atoms with van der Waals surface area (Å²) in [6.45, 7) is 0.548. The molecule has 1 aromatic carbocycles. The molecule has 0 unspecified atom stereocenters. The standard InChI is InChI=1S/C10H10BrN3O/c1-12-5-8-13-9-6(10(15)14-8)3-2-4-7(9)11/h2-4,12H,5H2,1H3,(H,13,14,15). The average Bonchev–Trinajstić information content (AvgIpc) is 2.20. The Bertz CT molecular complexity index is 550. The zero-order valence-corrected chi connectivity index (χ0v) is 9.76. The van der Waals surface area contributed by atoms with Gasteiger partial charge in [0.2, 0.25) is 0 Å². The molecule has 0 spiro atoms. The minimum absolute atomic E-state index is 0.105. The van der Waals surface area contributed by atoms with Gasteiger partial charge in [-0.3, -0.25) is 4.79 Å². The first-order valence-corrected chi connectivity index (χ1v) is 5.33. The molecular weight excluding hydrogens is 258 g/mol. The molecule has 2 aromatic rings. The van der Waals surface area contributed by atoms with E-state index in [4.69, 9.17) is 0 Å². The molecule has 15 heavy (non-hydrogen) atoms. The highest BCUT2D eigenvalue weighted by atomic mass is 79.9. The lowest BCUT2D eigenvalue weighted by molar-refractivity contribution is 0.760. The largest absolute Gasteiger partial charge is 0.313 e. The Morgan fingerprint density at radius 2 is 2.33 bits per heavy atom. The summed E-state index contributed by atoms with van der Waals surface area (Å²) in [6.07, 6.45) is 0. The number of aromatic nitrogens is 2. The van der Waals surface area contributed by atoms with Crippen LogP contribution < -0.4 is 10.9 Å². The predicted octanol–water partition coefficient (Wildman–Crippen LogP) is 1.41. The summed E-state index contributed by atoms with van der Waals surface area (Å²) in [4.78, 5) is 18.8. The zero-order chi connectivity index (χ0) is 10.8. The van der Waals surface area contributed by atoms with Crippen molar-refractivity contribution in [1.82, 2.24) is 15.3 Å². The topological polar surface area (TPSA) is 57.8 Å². The van der Waals surface area contributed by atoms with E-state index in [-0.39, 0.29) is 5.56 Å². The van der Waals surface area contributed by atoms with Crippen LogP contribution in [0.15, 0.2) is 27.5 Å². The Kier molecular flexibility index (Phi) is 2.83. The number of H-pyrrole nitrogens is 1. The van der Waals surface area contributed by atoms with E-state index in [0.29, 0.717) is 23.3 Å². The van der Waals surface area contributed by atoms with Crippen molar-refractivity contribution in [2.45, 2.75) is 6.54 Å². The number of halogens is 1. The monoisotopic (exact) mass is 267 g/mol. The van der Waals surface area contributed by atoms with Crippen molar-refractivity contribution >= 4 is 26.8 Å². The van der Waals surface area contributed by atoms with Gasteiger partial charge >= 0.3 is 0 Å².